The molecule has 10 heteroatoms. The summed E-state index contributed by atoms with van der Waals surface area (Å²) in [6, 6.07) is 17.0. The van der Waals surface area contributed by atoms with Crippen molar-refractivity contribution < 1.29 is 19.1 Å². The lowest BCUT2D eigenvalue weighted by atomic mass is 9.95. The van der Waals surface area contributed by atoms with Crippen LogP contribution in [0.15, 0.2) is 60.0 Å². The summed E-state index contributed by atoms with van der Waals surface area (Å²) in [4.78, 5) is 46.6. The Morgan fingerprint density at radius 3 is 2.33 bits per heavy atom. The average molecular weight is 550 g/mol. The van der Waals surface area contributed by atoms with E-state index in [1.165, 1.54) is 11.3 Å². The van der Waals surface area contributed by atoms with Gasteiger partial charge in [0.05, 0.1) is 5.69 Å². The Morgan fingerprint density at radius 2 is 1.74 bits per heavy atom. The second-order valence-corrected chi connectivity index (χ2v) is 11.5. The molecule has 0 atom stereocenters. The minimum Gasteiger partial charge on any atom is -0.444 e. The number of aromatic nitrogens is 1. The smallest absolute Gasteiger partial charge is 0.410 e. The molecular weight excluding hydrogens is 514 g/mol. The number of hydrogen-bond donors (Lipinski definition) is 2. The lowest BCUT2D eigenvalue weighted by Gasteiger charge is -2.35. The van der Waals surface area contributed by atoms with Gasteiger partial charge in [-0.05, 0) is 51.3 Å². The van der Waals surface area contributed by atoms with Crippen molar-refractivity contribution >= 4 is 40.1 Å². The number of anilines is 2. The molecule has 1 aromatic heterocycles. The molecule has 2 aromatic carbocycles. The van der Waals surface area contributed by atoms with Gasteiger partial charge < -0.3 is 25.6 Å². The third-order valence-corrected chi connectivity index (χ3v) is 7.02. The van der Waals surface area contributed by atoms with Crippen molar-refractivity contribution in [2.45, 2.75) is 45.8 Å². The highest BCUT2D eigenvalue weighted by atomic mass is 32.1. The molecule has 0 bridgehead atoms. The number of ether oxygens (including phenoxy) is 1. The first-order valence-corrected chi connectivity index (χ1v) is 13.9. The minimum absolute atomic E-state index is 0.0790. The monoisotopic (exact) mass is 549 g/mol. The highest BCUT2D eigenvalue weighted by Crippen LogP contribution is 2.25. The molecule has 4 rings (SSSR count). The van der Waals surface area contributed by atoms with Crippen LogP contribution in [-0.2, 0) is 20.9 Å². The summed E-state index contributed by atoms with van der Waals surface area (Å²) < 4.78 is 5.47. The molecule has 3 N–H and O–H groups in total. The zero-order valence-electron chi connectivity index (χ0n) is 22.6. The van der Waals surface area contributed by atoms with Crippen LogP contribution in [0, 0.1) is 5.92 Å². The number of rotatable bonds is 7. The van der Waals surface area contributed by atoms with E-state index in [1.807, 2.05) is 68.6 Å². The number of carbonyl (C=O) groups is 3. The number of nitrogen functional groups attached to an aromatic ring is 1. The van der Waals surface area contributed by atoms with E-state index in [9.17, 15) is 14.4 Å². The van der Waals surface area contributed by atoms with Crippen LogP contribution in [0.4, 0.5) is 15.6 Å². The molecule has 3 aromatic rings. The van der Waals surface area contributed by atoms with Crippen LogP contribution >= 0.6 is 11.3 Å². The third kappa shape index (κ3) is 8.03. The molecule has 1 saturated heterocycles. The van der Waals surface area contributed by atoms with E-state index in [0.29, 0.717) is 43.3 Å². The number of thiazole rings is 1. The molecule has 2 heterocycles. The van der Waals surface area contributed by atoms with Crippen LogP contribution in [0.5, 0.6) is 0 Å². The first kappa shape index (κ1) is 28.1. The number of piperidine rings is 1. The predicted molar refractivity (Wildman–Crippen MR) is 153 cm³/mol. The van der Waals surface area contributed by atoms with E-state index >= 15 is 0 Å². The summed E-state index contributed by atoms with van der Waals surface area (Å²) >= 11 is 1.37. The number of nitrogens with one attached hydrogen (secondary N) is 1. The van der Waals surface area contributed by atoms with Crippen molar-refractivity contribution in [1.82, 2.24) is 14.8 Å². The number of nitrogens with zero attached hydrogens (tertiary/aromatic N) is 3. The van der Waals surface area contributed by atoms with Crippen molar-refractivity contribution in [3.63, 3.8) is 0 Å². The Morgan fingerprint density at radius 1 is 1.08 bits per heavy atom. The van der Waals surface area contributed by atoms with Gasteiger partial charge >= 0.3 is 6.09 Å². The maximum atomic E-state index is 13.6. The SMILES string of the molecule is CC(C)(C)OC(=O)N1CCC(C(=O)N(CC(=O)Nc2ccc(-c3csc(N)n3)cc2)Cc2ccccc2)CC1. The maximum absolute atomic E-state index is 13.6. The molecule has 0 radical (unpaired) electrons. The van der Waals surface area contributed by atoms with Gasteiger partial charge in [-0.2, -0.15) is 0 Å². The van der Waals surface area contributed by atoms with E-state index in [2.05, 4.69) is 10.3 Å². The van der Waals surface area contributed by atoms with Crippen LogP contribution < -0.4 is 11.1 Å². The number of nitrogens with two attached hydrogens (primary N) is 1. The van der Waals surface area contributed by atoms with Crippen LogP contribution in [-0.4, -0.2) is 57.9 Å². The molecule has 206 valence electrons. The van der Waals surface area contributed by atoms with Crippen LogP contribution in [0.25, 0.3) is 11.3 Å². The Balaban J connectivity index is 1.39. The van der Waals surface area contributed by atoms with E-state index in [1.54, 1.807) is 21.9 Å². The molecule has 9 nitrogen and oxygen atoms in total. The van der Waals surface area contributed by atoms with E-state index in [4.69, 9.17) is 10.5 Å². The molecule has 3 amide bonds. The number of carbonyl (C=O) groups excluding carboxylic acids is 3. The number of hydrogen-bond acceptors (Lipinski definition) is 7. The van der Waals surface area contributed by atoms with E-state index < -0.39 is 5.60 Å². The molecule has 0 saturated carbocycles. The highest BCUT2D eigenvalue weighted by Gasteiger charge is 2.32. The van der Waals surface area contributed by atoms with E-state index in [0.717, 1.165) is 16.8 Å². The zero-order valence-corrected chi connectivity index (χ0v) is 23.4. The summed E-state index contributed by atoms with van der Waals surface area (Å²) in [5, 5.41) is 5.28. The van der Waals surface area contributed by atoms with Crippen LogP contribution in [0.3, 0.4) is 0 Å². The Bertz CT molecular complexity index is 1280. The van der Waals surface area contributed by atoms with Gasteiger partial charge in [-0.25, -0.2) is 9.78 Å². The van der Waals surface area contributed by atoms with Crippen molar-refractivity contribution in [2.24, 2.45) is 5.92 Å². The van der Waals surface area contributed by atoms with Gasteiger partial charge in [0.2, 0.25) is 11.8 Å². The van der Waals surface area contributed by atoms with Gasteiger partial charge in [0.1, 0.15) is 12.1 Å². The summed E-state index contributed by atoms with van der Waals surface area (Å²) in [5.41, 5.74) is 8.42. The maximum Gasteiger partial charge on any atom is 0.410 e. The Labute approximate surface area is 233 Å². The summed E-state index contributed by atoms with van der Waals surface area (Å²) in [7, 11) is 0. The van der Waals surface area contributed by atoms with Gasteiger partial charge in [-0.1, -0.05) is 42.5 Å². The lowest BCUT2D eigenvalue weighted by molar-refractivity contribution is -0.140. The van der Waals surface area contributed by atoms with Gasteiger partial charge in [-0.15, -0.1) is 11.3 Å². The van der Waals surface area contributed by atoms with Crippen LogP contribution in [0.2, 0.25) is 0 Å². The Kier molecular flexibility index (Phi) is 8.86. The first-order valence-electron chi connectivity index (χ1n) is 13.0. The number of benzene rings is 2. The zero-order chi connectivity index (χ0) is 28.0. The van der Waals surface area contributed by atoms with Crippen molar-refractivity contribution in [3.05, 3.63) is 65.5 Å². The fourth-order valence-electron chi connectivity index (χ4n) is 4.43. The molecular formula is C29H35N5O4S. The standard InChI is InChI=1S/C29H35N5O4S/c1-29(2,3)38-28(37)33-15-13-22(14-16-33)26(36)34(17-20-7-5-4-6-8-20)18-25(35)31-23-11-9-21(10-12-23)24-19-39-27(30)32-24/h4-12,19,22H,13-18H2,1-3H3,(H2,30,32)(H,31,35). The highest BCUT2D eigenvalue weighted by molar-refractivity contribution is 7.13. The average Bonchev–Trinajstić information content (AvgIpc) is 3.34. The molecule has 0 aliphatic carbocycles. The van der Waals surface area contributed by atoms with Crippen LogP contribution in [0.1, 0.15) is 39.2 Å². The van der Waals surface area contributed by atoms with Crippen molar-refractivity contribution in [1.29, 1.82) is 0 Å². The first-order chi connectivity index (χ1) is 18.6. The van der Waals surface area contributed by atoms with Gasteiger partial charge in [-0.3, -0.25) is 9.59 Å². The topological polar surface area (TPSA) is 118 Å². The summed E-state index contributed by atoms with van der Waals surface area (Å²) in [6.07, 6.45) is 0.680. The van der Waals surface area contributed by atoms with Gasteiger partial charge in [0, 0.05) is 42.2 Å². The van der Waals surface area contributed by atoms with Crippen molar-refractivity contribution in [3.8, 4) is 11.3 Å². The lowest BCUT2D eigenvalue weighted by Crippen LogP contribution is -2.47. The number of amides is 3. The predicted octanol–water partition coefficient (Wildman–Crippen LogP) is 5.01. The molecule has 0 spiro atoms. The minimum atomic E-state index is -0.571. The summed E-state index contributed by atoms with van der Waals surface area (Å²) in [5.74, 6) is -0.643. The molecule has 1 aliphatic rings. The van der Waals surface area contributed by atoms with E-state index in [-0.39, 0.29) is 30.4 Å². The summed E-state index contributed by atoms with van der Waals surface area (Å²) in [6.45, 7) is 6.62. The molecule has 1 fully saturated rings. The van der Waals surface area contributed by atoms with Crippen molar-refractivity contribution in [2.75, 3.05) is 30.7 Å². The Hall–Kier alpha value is -3.92. The molecule has 1 aliphatic heterocycles. The second kappa shape index (κ2) is 12.3. The number of likely N-dealkylation sites (tertiary alicyclic amines) is 1. The molecule has 39 heavy (non-hydrogen) atoms. The molecule has 0 unspecified atom stereocenters. The second-order valence-electron chi connectivity index (χ2n) is 10.6. The normalized spacial score (nSPS) is 14.1. The fourth-order valence-corrected chi connectivity index (χ4v) is 5.00. The van der Waals surface area contributed by atoms with Gasteiger partial charge in [0.25, 0.3) is 0 Å². The van der Waals surface area contributed by atoms with Gasteiger partial charge in [0.15, 0.2) is 5.13 Å². The fraction of sp³-hybridized carbons (Fsp3) is 0.379. The third-order valence-electron chi connectivity index (χ3n) is 6.34. The quantitative estimate of drug-likeness (QED) is 0.428. The largest absolute Gasteiger partial charge is 0.444 e.